The number of ether oxygens (including phenoxy) is 1. The van der Waals surface area contributed by atoms with Crippen molar-refractivity contribution in [3.8, 4) is 5.75 Å². The van der Waals surface area contributed by atoms with Crippen LogP contribution in [0, 0.1) is 13.8 Å². The molecule has 0 saturated carbocycles. The first kappa shape index (κ1) is 17.8. The Kier molecular flexibility index (Phi) is 5.17. The third kappa shape index (κ3) is 4.28. The SMILES string of the molecule is Cc1cccc(OC(C)C(=O)Nc2ccc(C(F)(F)F)cc2)c1C. The first-order valence-electron chi connectivity index (χ1n) is 7.39. The molecular weight excluding hydrogens is 319 g/mol. The van der Waals surface area contributed by atoms with Gasteiger partial charge in [-0.1, -0.05) is 12.1 Å². The van der Waals surface area contributed by atoms with E-state index in [0.29, 0.717) is 5.75 Å². The number of benzene rings is 2. The van der Waals surface area contributed by atoms with Gasteiger partial charge < -0.3 is 10.1 Å². The van der Waals surface area contributed by atoms with Gasteiger partial charge in [0.1, 0.15) is 5.75 Å². The number of anilines is 1. The van der Waals surface area contributed by atoms with Gasteiger partial charge in [0, 0.05) is 5.69 Å². The summed E-state index contributed by atoms with van der Waals surface area (Å²) < 4.78 is 43.2. The van der Waals surface area contributed by atoms with Crippen LogP contribution in [0.5, 0.6) is 5.75 Å². The van der Waals surface area contributed by atoms with E-state index in [4.69, 9.17) is 4.74 Å². The monoisotopic (exact) mass is 337 g/mol. The quantitative estimate of drug-likeness (QED) is 0.876. The van der Waals surface area contributed by atoms with Crippen LogP contribution < -0.4 is 10.1 Å². The van der Waals surface area contributed by atoms with Gasteiger partial charge in [-0.25, -0.2) is 0 Å². The number of rotatable bonds is 4. The van der Waals surface area contributed by atoms with Gasteiger partial charge in [0.25, 0.3) is 5.91 Å². The molecule has 0 aliphatic rings. The first-order valence-corrected chi connectivity index (χ1v) is 7.39. The Morgan fingerprint density at radius 3 is 2.29 bits per heavy atom. The number of aryl methyl sites for hydroxylation is 1. The first-order chi connectivity index (χ1) is 11.2. The third-order valence-electron chi connectivity index (χ3n) is 3.71. The molecule has 3 nitrogen and oxygen atoms in total. The van der Waals surface area contributed by atoms with Crippen LogP contribution in [0.1, 0.15) is 23.6 Å². The number of hydrogen-bond acceptors (Lipinski definition) is 2. The van der Waals surface area contributed by atoms with Crippen molar-refractivity contribution in [3.05, 3.63) is 59.2 Å². The normalized spacial score (nSPS) is 12.6. The molecule has 1 N–H and O–H groups in total. The van der Waals surface area contributed by atoms with Gasteiger partial charge in [-0.15, -0.1) is 0 Å². The molecule has 0 bridgehead atoms. The summed E-state index contributed by atoms with van der Waals surface area (Å²) in [5.74, 6) is 0.167. The second-order valence-electron chi connectivity index (χ2n) is 5.52. The molecule has 0 aliphatic carbocycles. The largest absolute Gasteiger partial charge is 0.481 e. The van der Waals surface area contributed by atoms with Gasteiger partial charge in [0.15, 0.2) is 6.10 Å². The lowest BCUT2D eigenvalue weighted by Crippen LogP contribution is -2.30. The fraction of sp³-hybridized carbons (Fsp3) is 0.278. The van der Waals surface area contributed by atoms with Crippen molar-refractivity contribution in [2.45, 2.75) is 33.1 Å². The van der Waals surface area contributed by atoms with Gasteiger partial charge >= 0.3 is 6.18 Å². The molecular formula is C18H18F3NO2. The Morgan fingerprint density at radius 1 is 1.08 bits per heavy atom. The third-order valence-corrected chi connectivity index (χ3v) is 3.71. The fourth-order valence-electron chi connectivity index (χ4n) is 2.08. The minimum Gasteiger partial charge on any atom is -0.481 e. The number of amides is 1. The highest BCUT2D eigenvalue weighted by atomic mass is 19.4. The summed E-state index contributed by atoms with van der Waals surface area (Å²) in [4.78, 5) is 12.1. The van der Waals surface area contributed by atoms with E-state index < -0.39 is 23.8 Å². The summed E-state index contributed by atoms with van der Waals surface area (Å²) in [6, 6.07) is 9.81. The molecule has 1 amide bonds. The van der Waals surface area contributed by atoms with Crippen molar-refractivity contribution < 1.29 is 22.7 Å². The highest BCUT2D eigenvalue weighted by Crippen LogP contribution is 2.30. The standard InChI is InChI=1S/C18H18F3NO2/c1-11-5-4-6-16(12(11)2)24-13(3)17(23)22-15-9-7-14(8-10-15)18(19,20)21/h4-10,13H,1-3H3,(H,22,23). The number of carbonyl (C=O) groups is 1. The Bertz CT molecular complexity index is 724. The van der Waals surface area contributed by atoms with Crippen LogP contribution in [0.3, 0.4) is 0 Å². The van der Waals surface area contributed by atoms with Crippen LogP contribution in [0.25, 0.3) is 0 Å². The summed E-state index contributed by atoms with van der Waals surface area (Å²) in [5, 5.41) is 2.54. The molecule has 0 aromatic heterocycles. The lowest BCUT2D eigenvalue weighted by Gasteiger charge is -2.17. The molecule has 128 valence electrons. The average molecular weight is 337 g/mol. The van der Waals surface area contributed by atoms with Gasteiger partial charge in [-0.2, -0.15) is 13.2 Å². The van der Waals surface area contributed by atoms with Gasteiger partial charge in [-0.3, -0.25) is 4.79 Å². The van der Waals surface area contributed by atoms with Crippen molar-refractivity contribution in [2.24, 2.45) is 0 Å². The van der Waals surface area contributed by atoms with Crippen molar-refractivity contribution >= 4 is 11.6 Å². The Hall–Kier alpha value is -2.50. The second kappa shape index (κ2) is 6.95. The molecule has 0 spiro atoms. The number of nitrogens with one attached hydrogen (secondary N) is 1. The van der Waals surface area contributed by atoms with E-state index in [2.05, 4.69) is 5.32 Å². The summed E-state index contributed by atoms with van der Waals surface area (Å²) in [5.41, 5.74) is 1.50. The fourth-order valence-corrected chi connectivity index (χ4v) is 2.08. The number of halogens is 3. The smallest absolute Gasteiger partial charge is 0.416 e. The van der Waals surface area contributed by atoms with E-state index in [1.807, 2.05) is 26.0 Å². The Balaban J connectivity index is 2.02. The minimum absolute atomic E-state index is 0.282. The number of carbonyl (C=O) groups excluding carboxylic acids is 1. The molecule has 6 heteroatoms. The van der Waals surface area contributed by atoms with Crippen molar-refractivity contribution in [3.63, 3.8) is 0 Å². The maximum Gasteiger partial charge on any atom is 0.416 e. The summed E-state index contributed by atoms with van der Waals surface area (Å²) in [6.45, 7) is 5.42. The number of alkyl halides is 3. The van der Waals surface area contributed by atoms with Crippen LogP contribution in [0.2, 0.25) is 0 Å². The lowest BCUT2D eigenvalue weighted by atomic mass is 10.1. The Morgan fingerprint density at radius 2 is 1.71 bits per heavy atom. The molecule has 2 rings (SSSR count). The zero-order chi connectivity index (χ0) is 17.9. The van der Waals surface area contributed by atoms with Crippen LogP contribution >= 0.6 is 0 Å². The summed E-state index contributed by atoms with van der Waals surface area (Å²) in [6.07, 6.45) is -5.19. The lowest BCUT2D eigenvalue weighted by molar-refractivity contribution is -0.137. The molecule has 0 heterocycles. The number of hydrogen-bond donors (Lipinski definition) is 1. The molecule has 2 aromatic carbocycles. The van der Waals surface area contributed by atoms with Crippen molar-refractivity contribution in [1.82, 2.24) is 0 Å². The topological polar surface area (TPSA) is 38.3 Å². The predicted octanol–water partition coefficient (Wildman–Crippen LogP) is 4.73. The van der Waals surface area contributed by atoms with Crippen molar-refractivity contribution in [2.75, 3.05) is 5.32 Å². The van der Waals surface area contributed by atoms with Gasteiger partial charge in [-0.05, 0) is 62.2 Å². The molecule has 24 heavy (non-hydrogen) atoms. The molecule has 0 aliphatic heterocycles. The minimum atomic E-state index is -4.40. The zero-order valence-corrected chi connectivity index (χ0v) is 13.6. The molecule has 1 atom stereocenters. The summed E-state index contributed by atoms with van der Waals surface area (Å²) in [7, 11) is 0. The van der Waals surface area contributed by atoms with Gasteiger partial charge in [0.05, 0.1) is 5.56 Å². The maximum absolute atomic E-state index is 12.5. The van der Waals surface area contributed by atoms with E-state index >= 15 is 0 Å². The van der Waals surface area contributed by atoms with E-state index in [1.165, 1.54) is 12.1 Å². The van der Waals surface area contributed by atoms with Crippen LogP contribution in [-0.4, -0.2) is 12.0 Å². The molecule has 0 radical (unpaired) electrons. The van der Waals surface area contributed by atoms with Crippen LogP contribution in [0.15, 0.2) is 42.5 Å². The molecule has 1 unspecified atom stereocenters. The second-order valence-corrected chi connectivity index (χ2v) is 5.52. The zero-order valence-electron chi connectivity index (χ0n) is 13.6. The molecule has 0 fully saturated rings. The van der Waals surface area contributed by atoms with E-state index in [1.54, 1.807) is 13.0 Å². The highest BCUT2D eigenvalue weighted by molar-refractivity contribution is 5.94. The molecule has 0 saturated heterocycles. The average Bonchev–Trinajstić information content (AvgIpc) is 2.51. The van der Waals surface area contributed by atoms with Crippen LogP contribution in [-0.2, 0) is 11.0 Å². The van der Waals surface area contributed by atoms with E-state index in [0.717, 1.165) is 23.3 Å². The predicted molar refractivity (Wildman–Crippen MR) is 86.1 cm³/mol. The highest BCUT2D eigenvalue weighted by Gasteiger charge is 2.30. The molecule has 2 aromatic rings. The van der Waals surface area contributed by atoms with E-state index in [-0.39, 0.29) is 5.69 Å². The maximum atomic E-state index is 12.5. The Labute approximate surface area is 138 Å². The van der Waals surface area contributed by atoms with Crippen LogP contribution in [0.4, 0.5) is 18.9 Å². The van der Waals surface area contributed by atoms with E-state index in [9.17, 15) is 18.0 Å². The summed E-state index contributed by atoms with van der Waals surface area (Å²) >= 11 is 0. The van der Waals surface area contributed by atoms with Gasteiger partial charge in [0.2, 0.25) is 0 Å². The van der Waals surface area contributed by atoms with Crippen molar-refractivity contribution in [1.29, 1.82) is 0 Å².